The summed E-state index contributed by atoms with van der Waals surface area (Å²) in [5.41, 5.74) is 2.92. The molecule has 0 aliphatic carbocycles. The van der Waals surface area contributed by atoms with Gasteiger partial charge in [-0.1, -0.05) is 11.6 Å². The zero-order valence-electron chi connectivity index (χ0n) is 7.66. The zero-order chi connectivity index (χ0) is 9.97. The number of pyridine rings is 2. The van der Waals surface area contributed by atoms with Crippen molar-refractivity contribution in [2.75, 3.05) is 0 Å². The van der Waals surface area contributed by atoms with Gasteiger partial charge in [0.05, 0.1) is 6.20 Å². The highest BCUT2D eigenvalue weighted by molar-refractivity contribution is 6.32. The number of aryl methyl sites for hydroxylation is 1. The first kappa shape index (κ1) is 9.16. The van der Waals surface area contributed by atoms with E-state index in [4.69, 9.17) is 11.6 Å². The Kier molecular flexibility index (Phi) is 2.46. The van der Waals surface area contributed by atoms with Crippen LogP contribution < -0.4 is 0 Å². The van der Waals surface area contributed by atoms with Crippen molar-refractivity contribution in [2.45, 2.75) is 6.92 Å². The van der Waals surface area contributed by atoms with E-state index in [1.807, 2.05) is 25.1 Å². The molecule has 14 heavy (non-hydrogen) atoms. The van der Waals surface area contributed by atoms with E-state index in [1.54, 1.807) is 12.4 Å². The number of halogens is 1. The molecule has 0 saturated carbocycles. The molecule has 0 fully saturated rings. The van der Waals surface area contributed by atoms with E-state index in [9.17, 15) is 0 Å². The quantitative estimate of drug-likeness (QED) is 0.666. The average Bonchev–Trinajstić information content (AvgIpc) is 2.20. The topological polar surface area (TPSA) is 25.8 Å². The Morgan fingerprint density at radius 3 is 2.79 bits per heavy atom. The summed E-state index contributed by atoms with van der Waals surface area (Å²) in [5.74, 6) is 0. The van der Waals surface area contributed by atoms with Crippen LogP contribution in [0.5, 0.6) is 0 Å². The second-order valence-electron chi connectivity index (χ2n) is 2.94. The van der Waals surface area contributed by atoms with E-state index < -0.39 is 0 Å². The first-order chi connectivity index (χ1) is 6.79. The number of hydrogen-bond acceptors (Lipinski definition) is 2. The molecule has 0 atom stereocenters. The Labute approximate surface area is 87.6 Å². The molecule has 0 bridgehead atoms. The molecular formula is C11H8ClN2. The van der Waals surface area contributed by atoms with Gasteiger partial charge >= 0.3 is 0 Å². The monoisotopic (exact) mass is 203 g/mol. The molecule has 0 saturated heterocycles. The highest BCUT2D eigenvalue weighted by Crippen LogP contribution is 2.27. The Bertz CT molecular complexity index is 411. The van der Waals surface area contributed by atoms with Gasteiger partial charge in [-0.25, -0.2) is 4.98 Å². The van der Waals surface area contributed by atoms with E-state index in [0.717, 1.165) is 16.7 Å². The van der Waals surface area contributed by atoms with Gasteiger partial charge in [-0.2, -0.15) is 0 Å². The van der Waals surface area contributed by atoms with Gasteiger partial charge in [0.1, 0.15) is 5.15 Å². The van der Waals surface area contributed by atoms with E-state index in [1.165, 1.54) is 0 Å². The Balaban J connectivity index is 2.61. The molecule has 0 N–H and O–H groups in total. The summed E-state index contributed by atoms with van der Waals surface area (Å²) in [6.45, 7) is 1.95. The van der Waals surface area contributed by atoms with Crippen LogP contribution in [0.2, 0.25) is 5.15 Å². The van der Waals surface area contributed by atoms with E-state index in [0.29, 0.717) is 5.15 Å². The van der Waals surface area contributed by atoms with Crippen LogP contribution in [0, 0.1) is 13.1 Å². The van der Waals surface area contributed by atoms with Crippen molar-refractivity contribution in [1.29, 1.82) is 0 Å². The third-order valence-corrected chi connectivity index (χ3v) is 2.30. The molecule has 3 heteroatoms. The standard InChI is InChI=1S/C11H8ClN2/c1-8-7-13-6-4-9(8)10-3-2-5-14-11(10)12/h2-6H,1H3. The summed E-state index contributed by atoms with van der Waals surface area (Å²) in [6.07, 6.45) is 6.26. The van der Waals surface area contributed by atoms with Crippen molar-refractivity contribution in [1.82, 2.24) is 9.97 Å². The smallest absolute Gasteiger partial charge is 0.136 e. The largest absolute Gasteiger partial charge is 0.254 e. The normalized spacial score (nSPS) is 10.1. The summed E-state index contributed by atoms with van der Waals surface area (Å²) in [5, 5.41) is 0.509. The summed E-state index contributed by atoms with van der Waals surface area (Å²) >= 11 is 5.99. The number of hydrogen-bond donors (Lipinski definition) is 0. The Hall–Kier alpha value is -1.41. The van der Waals surface area contributed by atoms with Gasteiger partial charge in [0, 0.05) is 18.0 Å². The molecule has 0 spiro atoms. The van der Waals surface area contributed by atoms with E-state index in [2.05, 4.69) is 16.2 Å². The molecule has 0 aromatic carbocycles. The second-order valence-corrected chi connectivity index (χ2v) is 3.30. The fourth-order valence-corrected chi connectivity index (χ4v) is 1.53. The van der Waals surface area contributed by atoms with Gasteiger partial charge in [0.15, 0.2) is 0 Å². The fraction of sp³-hybridized carbons (Fsp3) is 0.0909. The first-order valence-corrected chi connectivity index (χ1v) is 4.61. The number of nitrogens with zero attached hydrogens (tertiary/aromatic N) is 2. The van der Waals surface area contributed by atoms with Crippen molar-refractivity contribution in [3.05, 3.63) is 47.5 Å². The molecule has 0 amide bonds. The van der Waals surface area contributed by atoms with Crippen LogP contribution in [-0.4, -0.2) is 9.97 Å². The van der Waals surface area contributed by atoms with Crippen LogP contribution in [0.1, 0.15) is 5.56 Å². The maximum absolute atomic E-state index is 5.99. The maximum atomic E-state index is 5.99. The molecule has 2 aromatic rings. The van der Waals surface area contributed by atoms with Crippen LogP contribution in [0.25, 0.3) is 11.1 Å². The SMILES string of the molecule is Cc1[c]nccc1-c1cccnc1Cl. The Morgan fingerprint density at radius 1 is 1.21 bits per heavy atom. The molecule has 2 rings (SSSR count). The van der Waals surface area contributed by atoms with Gasteiger partial charge in [0.25, 0.3) is 0 Å². The van der Waals surface area contributed by atoms with Crippen LogP contribution in [-0.2, 0) is 0 Å². The van der Waals surface area contributed by atoms with Crippen LogP contribution in [0.4, 0.5) is 0 Å². The van der Waals surface area contributed by atoms with Crippen molar-refractivity contribution >= 4 is 11.6 Å². The third-order valence-electron chi connectivity index (χ3n) is 2.00. The van der Waals surface area contributed by atoms with Crippen molar-refractivity contribution in [3.63, 3.8) is 0 Å². The van der Waals surface area contributed by atoms with Crippen molar-refractivity contribution in [2.24, 2.45) is 0 Å². The second kappa shape index (κ2) is 3.76. The highest BCUT2D eigenvalue weighted by atomic mass is 35.5. The highest BCUT2D eigenvalue weighted by Gasteiger charge is 2.05. The van der Waals surface area contributed by atoms with E-state index >= 15 is 0 Å². The van der Waals surface area contributed by atoms with Gasteiger partial charge in [-0.15, -0.1) is 0 Å². The lowest BCUT2D eigenvalue weighted by Crippen LogP contribution is -1.87. The fourth-order valence-electron chi connectivity index (χ4n) is 1.31. The molecule has 2 aromatic heterocycles. The average molecular weight is 204 g/mol. The molecule has 69 valence electrons. The molecule has 1 radical (unpaired) electrons. The molecular weight excluding hydrogens is 196 g/mol. The lowest BCUT2D eigenvalue weighted by Gasteiger charge is -2.05. The van der Waals surface area contributed by atoms with Gasteiger partial charge < -0.3 is 0 Å². The van der Waals surface area contributed by atoms with Gasteiger partial charge in [-0.3, -0.25) is 4.98 Å². The summed E-state index contributed by atoms with van der Waals surface area (Å²) < 4.78 is 0. The summed E-state index contributed by atoms with van der Waals surface area (Å²) in [4.78, 5) is 7.94. The minimum Gasteiger partial charge on any atom is -0.254 e. The molecule has 0 unspecified atom stereocenters. The minimum atomic E-state index is 0.509. The van der Waals surface area contributed by atoms with Crippen LogP contribution >= 0.6 is 11.6 Å². The van der Waals surface area contributed by atoms with Crippen molar-refractivity contribution in [3.8, 4) is 11.1 Å². The molecule has 0 aliphatic heterocycles. The lowest BCUT2D eigenvalue weighted by molar-refractivity contribution is 1.24. The van der Waals surface area contributed by atoms with Gasteiger partial charge in [-0.05, 0) is 36.2 Å². The minimum absolute atomic E-state index is 0.509. The van der Waals surface area contributed by atoms with Gasteiger partial charge in [0.2, 0.25) is 0 Å². The molecule has 2 nitrogen and oxygen atoms in total. The Morgan fingerprint density at radius 2 is 2.07 bits per heavy atom. The number of rotatable bonds is 1. The third kappa shape index (κ3) is 1.61. The first-order valence-electron chi connectivity index (χ1n) is 4.23. The lowest BCUT2D eigenvalue weighted by atomic mass is 10.1. The molecule has 0 aliphatic rings. The number of aromatic nitrogens is 2. The zero-order valence-corrected chi connectivity index (χ0v) is 8.42. The molecule has 2 heterocycles. The summed E-state index contributed by atoms with van der Waals surface area (Å²) in [7, 11) is 0. The van der Waals surface area contributed by atoms with E-state index in [-0.39, 0.29) is 0 Å². The van der Waals surface area contributed by atoms with Crippen molar-refractivity contribution < 1.29 is 0 Å². The summed E-state index contributed by atoms with van der Waals surface area (Å²) in [6, 6.07) is 5.71. The van der Waals surface area contributed by atoms with Crippen LogP contribution in [0.15, 0.2) is 30.6 Å². The maximum Gasteiger partial charge on any atom is 0.136 e. The predicted molar refractivity (Wildman–Crippen MR) is 56.1 cm³/mol. The predicted octanol–water partition coefficient (Wildman–Crippen LogP) is 2.91. The van der Waals surface area contributed by atoms with Crippen LogP contribution in [0.3, 0.4) is 0 Å².